The largest absolute Gasteiger partial charge is 0.493 e. The van der Waals surface area contributed by atoms with Crippen molar-refractivity contribution in [3.05, 3.63) is 33.6 Å². The molecule has 0 radical (unpaired) electrons. The minimum atomic E-state index is -0.169. The molecule has 3 aliphatic rings. The molecule has 30 heavy (non-hydrogen) atoms. The molecule has 1 atom stereocenters. The van der Waals surface area contributed by atoms with Crippen molar-refractivity contribution in [3.63, 3.8) is 0 Å². The summed E-state index contributed by atoms with van der Waals surface area (Å²) in [5.74, 6) is 2.70. The Morgan fingerprint density at radius 1 is 1.17 bits per heavy atom. The van der Waals surface area contributed by atoms with E-state index in [1.807, 2.05) is 23.7 Å². The van der Waals surface area contributed by atoms with Crippen molar-refractivity contribution in [2.24, 2.45) is 4.99 Å². The Kier molecular flexibility index (Phi) is 5.26. The molecule has 1 aromatic carbocycles. The molecule has 1 fully saturated rings. The Morgan fingerprint density at radius 3 is 2.70 bits per heavy atom. The van der Waals surface area contributed by atoms with E-state index in [0.29, 0.717) is 42.1 Å². The molecule has 0 spiro atoms. The van der Waals surface area contributed by atoms with Gasteiger partial charge in [0.2, 0.25) is 5.75 Å². The third kappa shape index (κ3) is 3.41. The normalized spacial score (nSPS) is 21.5. The molecule has 1 aromatic heterocycles. The highest BCUT2D eigenvalue weighted by atomic mass is 32.2. The van der Waals surface area contributed by atoms with E-state index < -0.39 is 0 Å². The first-order valence-electron chi connectivity index (χ1n) is 10.7. The summed E-state index contributed by atoms with van der Waals surface area (Å²) >= 11 is 1.59. The molecule has 1 saturated carbocycles. The van der Waals surface area contributed by atoms with Crippen LogP contribution in [0.25, 0.3) is 0 Å². The lowest BCUT2D eigenvalue weighted by molar-refractivity contribution is 0.165. The molecule has 0 amide bonds. The molecule has 1 aliphatic carbocycles. The van der Waals surface area contributed by atoms with Crippen molar-refractivity contribution in [2.45, 2.75) is 56.7 Å². The first-order chi connectivity index (χ1) is 14.7. The van der Waals surface area contributed by atoms with Gasteiger partial charge in [-0.2, -0.15) is 0 Å². The molecule has 8 heteroatoms. The number of methoxy groups -OCH3 is 1. The molecule has 0 unspecified atom stereocenters. The predicted octanol–water partition coefficient (Wildman–Crippen LogP) is 4.74. The zero-order valence-corrected chi connectivity index (χ0v) is 18.2. The first kappa shape index (κ1) is 19.6. The van der Waals surface area contributed by atoms with E-state index in [0.717, 1.165) is 29.3 Å². The monoisotopic (exact) mass is 429 g/mol. The molecular weight excluding hydrogens is 402 g/mol. The van der Waals surface area contributed by atoms with Crippen molar-refractivity contribution < 1.29 is 14.2 Å². The number of hydrogen-bond donors (Lipinski definition) is 1. The van der Waals surface area contributed by atoms with Gasteiger partial charge in [-0.1, -0.05) is 37.4 Å². The van der Waals surface area contributed by atoms with Crippen LogP contribution in [0.15, 0.2) is 21.9 Å². The molecule has 160 valence electrons. The number of aromatic amines is 1. The van der Waals surface area contributed by atoms with Gasteiger partial charge in [-0.15, -0.1) is 0 Å². The molecule has 0 saturated heterocycles. The molecular formula is C22H27N3O4S. The van der Waals surface area contributed by atoms with Gasteiger partial charge in [-0.05, 0) is 37.5 Å². The molecule has 0 bridgehead atoms. The second-order valence-corrected chi connectivity index (χ2v) is 9.37. The van der Waals surface area contributed by atoms with E-state index in [1.54, 1.807) is 18.9 Å². The van der Waals surface area contributed by atoms with Crippen molar-refractivity contribution >= 4 is 22.6 Å². The van der Waals surface area contributed by atoms with Crippen LogP contribution in [0.1, 0.15) is 67.9 Å². The molecule has 1 N–H and O–H groups in total. The lowest BCUT2D eigenvalue weighted by Crippen LogP contribution is -2.17. The maximum Gasteiger partial charge on any atom is 0.271 e. The Bertz CT molecular complexity index is 1020. The van der Waals surface area contributed by atoms with Crippen LogP contribution in [0.4, 0.5) is 5.82 Å². The van der Waals surface area contributed by atoms with Crippen LogP contribution in [0.3, 0.4) is 0 Å². The van der Waals surface area contributed by atoms with Gasteiger partial charge in [0, 0.05) is 0 Å². The fourth-order valence-corrected chi connectivity index (χ4v) is 5.75. The average molecular weight is 430 g/mol. The van der Waals surface area contributed by atoms with Gasteiger partial charge in [0.25, 0.3) is 5.56 Å². The fourth-order valence-electron chi connectivity index (χ4n) is 4.67. The van der Waals surface area contributed by atoms with Crippen molar-refractivity contribution in [2.75, 3.05) is 20.3 Å². The fraction of sp³-hybridized carbons (Fsp3) is 0.545. The van der Waals surface area contributed by atoms with Crippen LogP contribution in [-0.4, -0.2) is 35.1 Å². The number of ether oxygens (including phenoxy) is 3. The summed E-state index contributed by atoms with van der Waals surface area (Å²) in [6.07, 6.45) is 7.09. The molecule has 2 aliphatic heterocycles. The number of hydrogen-bond acceptors (Lipinski definition) is 6. The quantitative estimate of drug-likeness (QED) is 0.713. The molecule has 2 aromatic rings. The van der Waals surface area contributed by atoms with Crippen LogP contribution < -0.4 is 19.8 Å². The second kappa shape index (κ2) is 8.06. The molecule has 3 heterocycles. The van der Waals surface area contributed by atoms with E-state index in [2.05, 4.69) is 5.10 Å². The standard InChI is InChI=1S/C22H27N3O4S/c1-13-23-21-18(22(26)24-25(21)15-7-5-3-4-6-8-15)20(30-13)14-11-16(27-2)19-17(12-14)28-9-10-29-19/h11-12,15,20H,3-10H2,1-2H3,(H,24,26)/t20-/m1/s1. The van der Waals surface area contributed by atoms with Crippen LogP contribution >= 0.6 is 11.8 Å². The summed E-state index contributed by atoms with van der Waals surface area (Å²) in [4.78, 5) is 17.9. The van der Waals surface area contributed by atoms with Crippen LogP contribution in [0.5, 0.6) is 17.2 Å². The lowest BCUT2D eigenvalue weighted by atomic mass is 10.0. The zero-order valence-electron chi connectivity index (χ0n) is 17.4. The highest BCUT2D eigenvalue weighted by Crippen LogP contribution is 2.49. The van der Waals surface area contributed by atoms with Crippen molar-refractivity contribution in [1.82, 2.24) is 9.78 Å². The Balaban J connectivity index is 1.60. The van der Waals surface area contributed by atoms with Gasteiger partial charge < -0.3 is 14.2 Å². The van der Waals surface area contributed by atoms with Gasteiger partial charge in [0.15, 0.2) is 17.3 Å². The van der Waals surface area contributed by atoms with Crippen LogP contribution in [-0.2, 0) is 0 Å². The number of nitrogens with zero attached hydrogens (tertiary/aromatic N) is 2. The molecule has 5 rings (SSSR count). The summed E-state index contributed by atoms with van der Waals surface area (Å²) < 4.78 is 19.2. The number of aromatic nitrogens is 2. The van der Waals surface area contributed by atoms with Gasteiger partial charge in [0.1, 0.15) is 13.2 Å². The minimum Gasteiger partial charge on any atom is -0.493 e. The average Bonchev–Trinajstić information content (AvgIpc) is 2.94. The maximum absolute atomic E-state index is 13.1. The Hall–Kier alpha value is -2.35. The summed E-state index contributed by atoms with van der Waals surface area (Å²) in [7, 11) is 1.62. The highest BCUT2D eigenvalue weighted by molar-refractivity contribution is 8.14. The van der Waals surface area contributed by atoms with Crippen molar-refractivity contribution in [1.29, 1.82) is 0 Å². The number of rotatable bonds is 3. The summed E-state index contributed by atoms with van der Waals surface area (Å²) in [6, 6.07) is 4.23. The van der Waals surface area contributed by atoms with E-state index in [1.165, 1.54) is 25.7 Å². The number of benzene rings is 1. The third-order valence-electron chi connectivity index (χ3n) is 6.09. The predicted molar refractivity (Wildman–Crippen MR) is 118 cm³/mol. The van der Waals surface area contributed by atoms with E-state index >= 15 is 0 Å². The van der Waals surface area contributed by atoms with Crippen LogP contribution in [0, 0.1) is 0 Å². The third-order valence-corrected chi connectivity index (χ3v) is 7.27. The van der Waals surface area contributed by atoms with Crippen LogP contribution in [0.2, 0.25) is 0 Å². The SMILES string of the molecule is COc1cc([C@H]2SC(C)=Nc3c2c(=O)[nH]n3C2CCCCCC2)cc2c1OCCO2. The van der Waals surface area contributed by atoms with Crippen molar-refractivity contribution in [3.8, 4) is 17.2 Å². The van der Waals surface area contributed by atoms with Gasteiger partial charge >= 0.3 is 0 Å². The summed E-state index contributed by atoms with van der Waals surface area (Å²) in [5, 5.41) is 3.90. The number of aliphatic imine (C=N–C) groups is 1. The van der Waals surface area contributed by atoms with Gasteiger partial charge in [-0.3, -0.25) is 14.6 Å². The molecule has 7 nitrogen and oxygen atoms in total. The Morgan fingerprint density at radius 2 is 1.93 bits per heavy atom. The number of nitrogens with one attached hydrogen (secondary N) is 1. The van der Waals surface area contributed by atoms with Gasteiger partial charge in [0.05, 0.1) is 29.0 Å². The number of fused-ring (bicyclic) bond motifs is 2. The van der Waals surface area contributed by atoms with E-state index in [-0.39, 0.29) is 10.8 Å². The Labute approximate surface area is 179 Å². The summed E-state index contributed by atoms with van der Waals surface area (Å²) in [6.45, 7) is 3.01. The van der Waals surface area contributed by atoms with E-state index in [9.17, 15) is 4.79 Å². The minimum absolute atomic E-state index is 0.0585. The summed E-state index contributed by atoms with van der Waals surface area (Å²) in [5.41, 5.74) is 1.62. The number of H-pyrrole nitrogens is 1. The first-order valence-corrected chi connectivity index (χ1v) is 11.6. The second-order valence-electron chi connectivity index (χ2n) is 8.07. The number of thioether (sulfide) groups is 1. The highest BCUT2D eigenvalue weighted by Gasteiger charge is 2.33. The maximum atomic E-state index is 13.1. The van der Waals surface area contributed by atoms with Gasteiger partial charge in [-0.25, -0.2) is 4.99 Å². The smallest absolute Gasteiger partial charge is 0.271 e. The van der Waals surface area contributed by atoms with E-state index in [4.69, 9.17) is 19.2 Å². The topological polar surface area (TPSA) is 77.8 Å². The zero-order chi connectivity index (χ0) is 20.7. The lowest BCUT2D eigenvalue weighted by Gasteiger charge is -2.26.